The van der Waals surface area contributed by atoms with Gasteiger partial charge in [-0.05, 0) is 37.3 Å². The maximum Gasteiger partial charge on any atom is 0.343 e. The fraction of sp³-hybridized carbons (Fsp3) is 0.0345. The minimum Gasteiger partial charge on any atom is -0.415 e. The second-order valence-electron chi connectivity index (χ2n) is 8.39. The summed E-state index contributed by atoms with van der Waals surface area (Å²) in [5, 5.41) is 16.5. The van der Waals surface area contributed by atoms with Gasteiger partial charge in [-0.3, -0.25) is 14.9 Å². The Bertz CT molecular complexity index is 1760. The number of ether oxygens (including phenoxy) is 1. The molecule has 1 heterocycles. The van der Waals surface area contributed by atoms with E-state index < -0.39 is 22.1 Å². The molecule has 186 valence electrons. The number of nitrogens with zero attached hydrogens (tertiary/aromatic N) is 4. The van der Waals surface area contributed by atoms with Crippen molar-refractivity contribution in [2.75, 3.05) is 0 Å². The molecule has 0 radical (unpaired) electrons. The molecule has 0 unspecified atom stereocenters. The normalized spacial score (nSPS) is 11.1. The summed E-state index contributed by atoms with van der Waals surface area (Å²) in [6, 6.07) is 26.8. The Morgan fingerprint density at radius 2 is 1.66 bits per heavy atom. The molecule has 38 heavy (non-hydrogen) atoms. The van der Waals surface area contributed by atoms with Crippen molar-refractivity contribution in [1.29, 1.82) is 0 Å². The number of nitro groups is 1. The number of aryl methyl sites for hydroxylation is 1. The first-order valence-electron chi connectivity index (χ1n) is 11.6. The molecule has 0 N–H and O–H groups in total. The summed E-state index contributed by atoms with van der Waals surface area (Å²) >= 11 is 0. The molecule has 9 nitrogen and oxygen atoms in total. The van der Waals surface area contributed by atoms with Crippen LogP contribution < -0.4 is 10.3 Å². The highest BCUT2D eigenvalue weighted by Crippen LogP contribution is 2.31. The van der Waals surface area contributed by atoms with E-state index in [1.807, 2.05) is 25.1 Å². The standard InChI is InChI=1S/C29H20N4O5/c1-19-14-16-21(17-15-19)29(35)38-26-22(10-7-13-25(26)33(36)37)18-30-32-27(20-8-3-2-4-9-20)31-24-12-6-5-11-23(24)28(32)34/h2-18H,1H3. The summed E-state index contributed by atoms with van der Waals surface area (Å²) in [5.74, 6) is -0.757. The van der Waals surface area contributed by atoms with Gasteiger partial charge in [0.2, 0.25) is 5.75 Å². The number of aromatic nitrogens is 2. The van der Waals surface area contributed by atoms with E-state index in [9.17, 15) is 19.7 Å². The van der Waals surface area contributed by atoms with Crippen molar-refractivity contribution in [1.82, 2.24) is 9.66 Å². The molecule has 0 fully saturated rings. The molecule has 0 aliphatic carbocycles. The molecule has 0 saturated carbocycles. The van der Waals surface area contributed by atoms with Gasteiger partial charge in [0, 0.05) is 17.2 Å². The lowest BCUT2D eigenvalue weighted by atomic mass is 10.1. The molecule has 4 aromatic carbocycles. The highest BCUT2D eigenvalue weighted by atomic mass is 16.6. The Hall–Kier alpha value is -5.44. The average molecular weight is 505 g/mol. The van der Waals surface area contributed by atoms with Crippen molar-refractivity contribution in [3.8, 4) is 17.1 Å². The van der Waals surface area contributed by atoms with Crippen molar-refractivity contribution < 1.29 is 14.5 Å². The molecule has 0 aliphatic heterocycles. The first-order valence-corrected chi connectivity index (χ1v) is 11.6. The average Bonchev–Trinajstić information content (AvgIpc) is 2.93. The number of rotatable bonds is 6. The fourth-order valence-corrected chi connectivity index (χ4v) is 3.86. The van der Waals surface area contributed by atoms with E-state index in [2.05, 4.69) is 10.1 Å². The number of fused-ring (bicyclic) bond motifs is 1. The molecule has 5 aromatic rings. The van der Waals surface area contributed by atoms with E-state index in [1.54, 1.807) is 60.7 Å². The Labute approximate surface area is 216 Å². The van der Waals surface area contributed by atoms with E-state index in [4.69, 9.17) is 4.74 Å². The van der Waals surface area contributed by atoms with Crippen LogP contribution in [-0.4, -0.2) is 26.8 Å². The van der Waals surface area contributed by atoms with Gasteiger partial charge in [0.1, 0.15) is 0 Å². The van der Waals surface area contributed by atoms with Crippen molar-refractivity contribution in [3.05, 3.63) is 134 Å². The summed E-state index contributed by atoms with van der Waals surface area (Å²) < 4.78 is 6.62. The number of benzene rings is 4. The smallest absolute Gasteiger partial charge is 0.343 e. The van der Waals surface area contributed by atoms with Gasteiger partial charge in [0.15, 0.2) is 5.82 Å². The zero-order valence-electron chi connectivity index (χ0n) is 20.1. The number of nitro benzene ring substituents is 1. The molecule has 0 atom stereocenters. The van der Waals surface area contributed by atoms with Crippen LogP contribution in [0, 0.1) is 17.0 Å². The van der Waals surface area contributed by atoms with Gasteiger partial charge < -0.3 is 4.74 Å². The lowest BCUT2D eigenvalue weighted by molar-refractivity contribution is -0.385. The van der Waals surface area contributed by atoms with E-state index in [0.29, 0.717) is 16.5 Å². The number of esters is 1. The van der Waals surface area contributed by atoms with Crippen molar-refractivity contribution in [2.24, 2.45) is 5.10 Å². The van der Waals surface area contributed by atoms with Gasteiger partial charge >= 0.3 is 11.7 Å². The molecular formula is C29H20N4O5. The topological polar surface area (TPSA) is 117 Å². The van der Waals surface area contributed by atoms with Crippen LogP contribution in [0.25, 0.3) is 22.3 Å². The molecule has 0 spiro atoms. The third-order valence-corrected chi connectivity index (χ3v) is 5.80. The Morgan fingerprint density at radius 3 is 2.39 bits per heavy atom. The Kier molecular flexibility index (Phi) is 6.56. The summed E-state index contributed by atoms with van der Waals surface area (Å²) in [4.78, 5) is 42.0. The zero-order chi connectivity index (χ0) is 26.6. The number of hydrogen-bond acceptors (Lipinski definition) is 7. The van der Waals surface area contributed by atoms with Crippen molar-refractivity contribution in [3.63, 3.8) is 0 Å². The first-order chi connectivity index (χ1) is 18.4. The molecule has 0 bridgehead atoms. The van der Waals surface area contributed by atoms with Gasteiger partial charge in [-0.25, -0.2) is 9.78 Å². The van der Waals surface area contributed by atoms with Crippen molar-refractivity contribution >= 4 is 28.8 Å². The molecule has 0 aliphatic rings. The summed E-state index contributed by atoms with van der Waals surface area (Å²) in [6.45, 7) is 1.87. The third-order valence-electron chi connectivity index (χ3n) is 5.80. The lowest BCUT2D eigenvalue weighted by Crippen LogP contribution is -2.20. The van der Waals surface area contributed by atoms with E-state index in [1.165, 1.54) is 24.4 Å². The van der Waals surface area contributed by atoms with Crippen LogP contribution >= 0.6 is 0 Å². The van der Waals surface area contributed by atoms with Crippen LogP contribution in [0.5, 0.6) is 5.75 Å². The van der Waals surface area contributed by atoms with Gasteiger partial charge in [-0.2, -0.15) is 9.78 Å². The zero-order valence-corrected chi connectivity index (χ0v) is 20.1. The maximum absolute atomic E-state index is 13.4. The molecule has 1 aromatic heterocycles. The van der Waals surface area contributed by atoms with Crippen molar-refractivity contribution in [2.45, 2.75) is 6.92 Å². The SMILES string of the molecule is Cc1ccc(C(=O)Oc2c(C=Nn3c(-c4ccccc4)nc4ccccc4c3=O)cccc2[N+](=O)[O-])cc1. The predicted octanol–water partition coefficient (Wildman–Crippen LogP) is 5.38. The van der Waals surface area contributed by atoms with Gasteiger partial charge in [0.25, 0.3) is 5.56 Å². The Balaban J connectivity index is 1.63. The van der Waals surface area contributed by atoms with E-state index >= 15 is 0 Å². The number of carbonyl (C=O) groups is 1. The third kappa shape index (κ3) is 4.80. The molecule has 0 saturated heterocycles. The largest absolute Gasteiger partial charge is 0.415 e. The van der Waals surface area contributed by atoms with Gasteiger partial charge in [-0.1, -0.05) is 66.2 Å². The predicted molar refractivity (Wildman–Crippen MR) is 144 cm³/mol. The lowest BCUT2D eigenvalue weighted by Gasteiger charge is -2.10. The van der Waals surface area contributed by atoms with Crippen LogP contribution in [0.15, 0.2) is 107 Å². The second kappa shape index (κ2) is 10.3. The Morgan fingerprint density at radius 1 is 0.947 bits per heavy atom. The molecule has 9 heteroatoms. The number of para-hydroxylation sites is 2. The summed E-state index contributed by atoms with van der Waals surface area (Å²) in [7, 11) is 0. The fourth-order valence-electron chi connectivity index (χ4n) is 3.86. The second-order valence-corrected chi connectivity index (χ2v) is 8.39. The maximum atomic E-state index is 13.4. The highest BCUT2D eigenvalue weighted by molar-refractivity contribution is 5.94. The highest BCUT2D eigenvalue weighted by Gasteiger charge is 2.22. The number of hydrogen-bond donors (Lipinski definition) is 0. The van der Waals surface area contributed by atoms with Crippen LogP contribution in [0.2, 0.25) is 0 Å². The number of carbonyl (C=O) groups excluding carboxylic acids is 1. The molecule has 5 rings (SSSR count). The minimum absolute atomic E-state index is 0.138. The van der Waals surface area contributed by atoms with Gasteiger partial charge in [0.05, 0.1) is 27.6 Å². The summed E-state index contributed by atoms with van der Waals surface area (Å²) in [5.41, 5.74) is 1.64. The van der Waals surface area contributed by atoms with E-state index in [0.717, 1.165) is 10.2 Å². The van der Waals surface area contributed by atoms with Crippen LogP contribution in [-0.2, 0) is 0 Å². The minimum atomic E-state index is -0.761. The van der Waals surface area contributed by atoms with Crippen LogP contribution in [0.4, 0.5) is 5.69 Å². The van der Waals surface area contributed by atoms with E-state index in [-0.39, 0.29) is 22.7 Å². The summed E-state index contributed by atoms with van der Waals surface area (Å²) in [6.07, 6.45) is 1.25. The monoisotopic (exact) mass is 504 g/mol. The van der Waals surface area contributed by atoms with Crippen LogP contribution in [0.1, 0.15) is 21.5 Å². The quantitative estimate of drug-likeness (QED) is 0.101. The van der Waals surface area contributed by atoms with Crippen LogP contribution in [0.3, 0.4) is 0 Å². The van der Waals surface area contributed by atoms with Gasteiger partial charge in [-0.15, -0.1) is 0 Å². The molecule has 0 amide bonds. The first kappa shape index (κ1) is 24.3. The molecular weight excluding hydrogens is 484 g/mol.